The van der Waals surface area contributed by atoms with Gasteiger partial charge in [-0.3, -0.25) is 14.4 Å². The van der Waals surface area contributed by atoms with Crippen LogP contribution in [0.15, 0.2) is 60.1 Å². The van der Waals surface area contributed by atoms with Crippen molar-refractivity contribution in [2.75, 3.05) is 18.0 Å². The molecule has 7 rings (SSSR count). The average Bonchev–Trinajstić information content (AvgIpc) is 3.93. The van der Waals surface area contributed by atoms with Crippen LogP contribution in [-0.2, 0) is 37.4 Å². The predicted molar refractivity (Wildman–Crippen MR) is 238 cm³/mol. The van der Waals surface area contributed by atoms with Gasteiger partial charge < -0.3 is 32.3 Å². The van der Waals surface area contributed by atoms with Gasteiger partial charge in [-0.2, -0.15) is 0 Å². The zero-order valence-electron chi connectivity index (χ0n) is 34.4. The lowest BCUT2D eigenvalue weighted by Gasteiger charge is -2.36. The maximum atomic E-state index is 12.9. The quantitative estimate of drug-likeness (QED) is 0.0803. The molecule has 0 radical (unpaired) electrons. The number of hydrogen-bond acceptors (Lipinski definition) is 11. The second-order valence-corrected chi connectivity index (χ2v) is 17.5. The molecule has 1 saturated carbocycles. The van der Waals surface area contributed by atoms with Crippen LogP contribution in [0.2, 0.25) is 10.0 Å². The van der Waals surface area contributed by atoms with Gasteiger partial charge in [0.15, 0.2) is 0 Å². The number of benzene rings is 2. The zero-order chi connectivity index (χ0) is 42.9. The van der Waals surface area contributed by atoms with E-state index in [4.69, 9.17) is 34.7 Å². The van der Waals surface area contributed by atoms with Crippen molar-refractivity contribution >= 4 is 58.1 Å². The Bertz CT molecular complexity index is 2330. The monoisotopic (exact) mass is 870 g/mol. The van der Waals surface area contributed by atoms with E-state index < -0.39 is 0 Å². The average molecular weight is 872 g/mol. The van der Waals surface area contributed by atoms with Gasteiger partial charge in [0.1, 0.15) is 11.5 Å². The number of rotatable bonds is 14. The second-order valence-electron chi connectivity index (χ2n) is 15.7. The van der Waals surface area contributed by atoms with Crippen LogP contribution in [0.5, 0.6) is 0 Å². The van der Waals surface area contributed by atoms with E-state index in [2.05, 4.69) is 49.7 Å². The first-order valence-electron chi connectivity index (χ1n) is 20.1. The number of amides is 3. The van der Waals surface area contributed by atoms with Gasteiger partial charge in [-0.15, -0.1) is 11.3 Å². The molecular weight excluding hydrogens is 820 g/mol. The Labute approximate surface area is 365 Å². The molecule has 7 N–H and O–H groups in total. The van der Waals surface area contributed by atoms with Crippen molar-refractivity contribution in [3.63, 3.8) is 0 Å². The summed E-state index contributed by atoms with van der Waals surface area (Å²) in [6.07, 6.45) is 4.46. The van der Waals surface area contributed by atoms with Crippen LogP contribution in [0.3, 0.4) is 0 Å². The van der Waals surface area contributed by atoms with Gasteiger partial charge in [0, 0.05) is 70.6 Å². The van der Waals surface area contributed by atoms with E-state index in [0.29, 0.717) is 71.5 Å². The number of nitrogens with zero attached hydrogens (tertiary/aromatic N) is 5. The minimum atomic E-state index is -0.349. The largest absolute Gasteiger partial charge is 0.352 e. The summed E-state index contributed by atoms with van der Waals surface area (Å²) >= 11 is 13.8. The number of carbonyl (C=O) groups excluding carboxylic acids is 3. The van der Waals surface area contributed by atoms with E-state index in [0.717, 1.165) is 57.3 Å². The van der Waals surface area contributed by atoms with Crippen molar-refractivity contribution < 1.29 is 14.4 Å². The standard InChI is InChI=1S/C23H28ClN5O2.C21H24ClN5OS/c1-14-6-17(23(31)27-11-18-8-19(24)5-4-16(18)10-25)9-21(28-14)29-13-22(30)26-12-20(29)7-15-2-3-15;1-12(2)6-18-19(25-11-29-18)17-7-13(3)26-20(27-17)21(28)24-10-15-8-16(22)5-4-14(15)9-23/h4-6,8-9,15,20H,2-3,7,10-13,25H2,1H3,(H,26,30)(H,27,31);4-5,7-8,11-12H,6,9-10,23H2,1-3H3,(H,24,28). The fraction of sp³-hybridized carbons (Fsp3) is 0.386. The molecule has 3 aromatic heterocycles. The van der Waals surface area contributed by atoms with Crippen LogP contribution in [0.1, 0.15) is 92.6 Å². The molecule has 5 aromatic rings. The molecule has 1 aliphatic heterocycles. The van der Waals surface area contributed by atoms with Crippen LogP contribution < -0.4 is 32.3 Å². The summed E-state index contributed by atoms with van der Waals surface area (Å²) in [5.74, 6) is 1.47. The molecule has 1 atom stereocenters. The van der Waals surface area contributed by atoms with E-state index in [-0.39, 0.29) is 36.1 Å². The molecule has 0 spiro atoms. The van der Waals surface area contributed by atoms with E-state index in [1.54, 1.807) is 41.7 Å². The number of thiazole rings is 1. The highest BCUT2D eigenvalue weighted by Gasteiger charge is 2.33. The van der Waals surface area contributed by atoms with E-state index in [1.807, 2.05) is 48.5 Å². The number of aryl methyl sites for hydroxylation is 2. The van der Waals surface area contributed by atoms with Crippen LogP contribution >= 0.6 is 34.5 Å². The maximum Gasteiger partial charge on any atom is 0.289 e. The van der Waals surface area contributed by atoms with Crippen LogP contribution in [0.25, 0.3) is 11.4 Å². The number of carbonyl (C=O) groups is 3. The van der Waals surface area contributed by atoms with E-state index in [1.165, 1.54) is 12.8 Å². The Kier molecular flexibility index (Phi) is 15.2. The molecule has 13 nitrogen and oxygen atoms in total. The maximum absolute atomic E-state index is 12.9. The summed E-state index contributed by atoms with van der Waals surface area (Å²) in [5, 5.41) is 9.99. The molecule has 60 heavy (non-hydrogen) atoms. The third-order valence-corrected chi connectivity index (χ3v) is 11.6. The fourth-order valence-corrected chi connectivity index (χ4v) is 8.44. The highest BCUT2D eigenvalue weighted by Crippen LogP contribution is 2.36. The first kappa shape index (κ1) is 44.6. The molecule has 1 unspecified atom stereocenters. The van der Waals surface area contributed by atoms with Crippen molar-refractivity contribution in [2.24, 2.45) is 23.3 Å². The zero-order valence-corrected chi connectivity index (χ0v) is 36.7. The van der Waals surface area contributed by atoms with Crippen molar-refractivity contribution in [2.45, 2.75) is 85.6 Å². The second kappa shape index (κ2) is 20.5. The number of anilines is 1. The third kappa shape index (κ3) is 12.1. The molecule has 2 aromatic carbocycles. The highest BCUT2D eigenvalue weighted by molar-refractivity contribution is 7.10. The van der Waals surface area contributed by atoms with Gasteiger partial charge in [-0.05, 0) is 103 Å². The molecule has 0 bridgehead atoms. The van der Waals surface area contributed by atoms with Crippen molar-refractivity contribution in [3.05, 3.63) is 120 Å². The Balaban J connectivity index is 0.000000202. The van der Waals surface area contributed by atoms with Gasteiger partial charge in [-0.25, -0.2) is 19.9 Å². The molecule has 1 aliphatic carbocycles. The predicted octanol–water partition coefficient (Wildman–Crippen LogP) is 6.69. The molecule has 1 saturated heterocycles. The summed E-state index contributed by atoms with van der Waals surface area (Å²) in [7, 11) is 0. The molecular formula is C44H52Cl2N10O3S. The van der Waals surface area contributed by atoms with Gasteiger partial charge in [-0.1, -0.05) is 62.0 Å². The number of halogens is 2. The van der Waals surface area contributed by atoms with Crippen molar-refractivity contribution in [3.8, 4) is 11.4 Å². The number of nitrogens with two attached hydrogens (primary N) is 2. The Morgan fingerprint density at radius 1 is 0.867 bits per heavy atom. The van der Waals surface area contributed by atoms with E-state index >= 15 is 0 Å². The van der Waals surface area contributed by atoms with E-state index in [9.17, 15) is 14.4 Å². The highest BCUT2D eigenvalue weighted by atomic mass is 35.5. The molecule has 3 amide bonds. The number of hydrogen-bond donors (Lipinski definition) is 5. The SMILES string of the molecule is Cc1cc(-c2ncsc2CC(C)C)nc(C(=O)NCc2cc(Cl)ccc2CN)n1.Cc1cc(C(=O)NCc2cc(Cl)ccc2CN)cc(N2CC(=O)NCC2CC2CC2)n1. The van der Waals surface area contributed by atoms with Crippen LogP contribution in [0.4, 0.5) is 5.82 Å². The summed E-state index contributed by atoms with van der Waals surface area (Å²) < 4.78 is 0. The number of piperazine rings is 1. The molecule has 2 aliphatic rings. The minimum Gasteiger partial charge on any atom is -0.352 e. The fourth-order valence-electron chi connectivity index (χ4n) is 7.06. The first-order chi connectivity index (χ1) is 28.8. The summed E-state index contributed by atoms with van der Waals surface area (Å²) in [5.41, 5.74) is 20.5. The Morgan fingerprint density at radius 2 is 1.50 bits per heavy atom. The lowest BCUT2D eigenvalue weighted by Crippen LogP contribution is -2.55. The number of nitrogens with one attached hydrogen (secondary N) is 3. The topological polar surface area (TPSA) is 194 Å². The third-order valence-electron chi connectivity index (χ3n) is 10.3. The lowest BCUT2D eigenvalue weighted by molar-refractivity contribution is -0.120. The molecule has 316 valence electrons. The summed E-state index contributed by atoms with van der Waals surface area (Å²) in [6, 6.07) is 16.6. The molecule has 16 heteroatoms. The number of aromatic nitrogens is 4. The Morgan fingerprint density at radius 3 is 2.12 bits per heavy atom. The first-order valence-corrected chi connectivity index (χ1v) is 21.7. The van der Waals surface area contributed by atoms with Gasteiger partial charge in [0.2, 0.25) is 11.7 Å². The van der Waals surface area contributed by atoms with Gasteiger partial charge in [0.05, 0.1) is 17.7 Å². The number of pyridine rings is 1. The minimum absolute atomic E-state index is 0.0170. The van der Waals surface area contributed by atoms with Crippen molar-refractivity contribution in [1.82, 2.24) is 35.9 Å². The van der Waals surface area contributed by atoms with Crippen LogP contribution in [0, 0.1) is 25.7 Å². The smallest absolute Gasteiger partial charge is 0.289 e. The lowest BCUT2D eigenvalue weighted by atomic mass is 10.1. The van der Waals surface area contributed by atoms with Crippen LogP contribution in [-0.4, -0.2) is 56.8 Å². The summed E-state index contributed by atoms with van der Waals surface area (Å²) in [4.78, 5) is 58.8. The van der Waals surface area contributed by atoms with Gasteiger partial charge in [0.25, 0.3) is 11.8 Å². The van der Waals surface area contributed by atoms with Gasteiger partial charge >= 0.3 is 0 Å². The molecule has 2 fully saturated rings. The normalized spacial score (nSPS) is 15.0. The molecule has 4 heterocycles. The summed E-state index contributed by atoms with van der Waals surface area (Å²) in [6.45, 7) is 10.3. The van der Waals surface area contributed by atoms with Crippen molar-refractivity contribution in [1.29, 1.82) is 0 Å². The Hall–Kier alpha value is -4.99.